The molecular formula is C36H44B20. The minimum absolute atomic E-state index is 1.30. The Balaban J connectivity index is 1.80. The van der Waals surface area contributed by atoms with Crippen LogP contribution in [-0.4, -0.2) is 157 Å². The molecule has 0 N–H and O–H groups in total. The van der Waals surface area contributed by atoms with Crippen molar-refractivity contribution < 1.29 is 0 Å². The second-order valence-corrected chi connectivity index (χ2v) is 17.8. The van der Waals surface area contributed by atoms with Crippen LogP contribution in [0.2, 0.25) is 0 Å². The maximum Gasteiger partial charge on any atom is 0.140 e. The van der Waals surface area contributed by atoms with Crippen molar-refractivity contribution in [3.63, 3.8) is 0 Å². The van der Waals surface area contributed by atoms with Gasteiger partial charge in [-0.1, -0.05) is 78.3 Å². The molecule has 0 atom stereocenters. The van der Waals surface area contributed by atoms with Gasteiger partial charge in [0.15, 0.2) is 0 Å². The molecule has 7 rings (SSSR count). The first-order valence-electron chi connectivity index (χ1n) is 20.8. The Kier molecular flexibility index (Phi) is 10.3. The van der Waals surface area contributed by atoms with Crippen LogP contribution in [0.3, 0.4) is 0 Å². The smallest absolute Gasteiger partial charge is 0.102 e. The molecule has 0 radical (unpaired) electrons. The van der Waals surface area contributed by atoms with Gasteiger partial charge in [-0.15, -0.1) is 49.2 Å². The Morgan fingerprint density at radius 3 is 0.839 bits per heavy atom. The molecule has 20 heteroatoms. The van der Waals surface area contributed by atoms with Crippen molar-refractivity contribution in [2.45, 2.75) is 0 Å². The van der Waals surface area contributed by atoms with Crippen molar-refractivity contribution >= 4 is 298 Å². The lowest BCUT2D eigenvalue weighted by Crippen LogP contribution is -2.55. The first-order chi connectivity index (χ1) is 26.2. The predicted octanol–water partition coefficient (Wildman–Crippen LogP) is -24.7. The number of hydrogen-bond acceptors (Lipinski definition) is 0. The third-order valence-electron chi connectivity index (χ3n) is 15.8. The summed E-state index contributed by atoms with van der Waals surface area (Å²) in [4.78, 5) is 0. The van der Waals surface area contributed by atoms with Crippen LogP contribution in [-0.2, 0) is 0 Å². The van der Waals surface area contributed by atoms with E-state index in [1.807, 2.05) is 0 Å². The lowest BCUT2D eigenvalue weighted by atomic mass is 9.56. The lowest BCUT2D eigenvalue weighted by molar-refractivity contribution is 1.67. The van der Waals surface area contributed by atoms with Gasteiger partial charge < -0.3 is 0 Å². The van der Waals surface area contributed by atoms with Crippen molar-refractivity contribution in [3.8, 4) is 33.4 Å². The molecule has 56 heavy (non-hydrogen) atoms. The summed E-state index contributed by atoms with van der Waals surface area (Å²) in [7, 11) is 47.0. The molecule has 0 fully saturated rings. The molecule has 0 aliphatic carbocycles. The summed E-state index contributed by atoms with van der Waals surface area (Å²) in [5.74, 6) is 0. The van der Waals surface area contributed by atoms with Crippen LogP contribution in [0.15, 0.2) is 24.3 Å². The third-order valence-corrected chi connectivity index (χ3v) is 15.8. The zero-order chi connectivity index (χ0) is 41.3. The van der Waals surface area contributed by atoms with E-state index in [2.05, 4.69) is 181 Å². The van der Waals surface area contributed by atoms with Gasteiger partial charge >= 0.3 is 0 Å². The summed E-state index contributed by atoms with van der Waals surface area (Å²) < 4.78 is 0. The van der Waals surface area contributed by atoms with Gasteiger partial charge in [0.1, 0.15) is 157 Å². The molecule has 0 saturated heterocycles. The Hall–Kier alpha value is -3.38. The van der Waals surface area contributed by atoms with E-state index >= 15 is 0 Å². The molecule has 7 aromatic carbocycles. The van der Waals surface area contributed by atoms with Crippen LogP contribution in [0.25, 0.3) is 65.7 Å². The standard InChI is InChI=1S/C36H44B20/c37-17-14(24(44)25(45)16-15(17)26(46)34(54)35(55)27(16)47)9-12-10(20(40)30(50)32(52)22(12)42)7(11-13(9)23(43)33(53)31(51)21(11)41)5-2-1-3-6(4-5)8-18(38)28(48)36(56)29(49)19(8)39/h1-4H,37-56H2. The Morgan fingerprint density at radius 1 is 0.196 bits per heavy atom. The van der Waals surface area contributed by atoms with E-state index in [4.69, 9.17) is 0 Å². The predicted molar refractivity (Wildman–Crippen MR) is 319 cm³/mol. The Labute approximate surface area is 354 Å². The zero-order valence-corrected chi connectivity index (χ0v) is 38.3. The Morgan fingerprint density at radius 2 is 0.446 bits per heavy atom. The fourth-order valence-corrected chi connectivity index (χ4v) is 10.8. The molecule has 0 saturated carbocycles. The average molecular weight is 693 g/mol. The van der Waals surface area contributed by atoms with Gasteiger partial charge in [0.2, 0.25) is 0 Å². The van der Waals surface area contributed by atoms with Gasteiger partial charge in [0.25, 0.3) is 0 Å². The van der Waals surface area contributed by atoms with Gasteiger partial charge in [-0.05, 0) is 71.8 Å². The number of fused-ring (bicyclic) bond motifs is 3. The van der Waals surface area contributed by atoms with E-state index in [1.165, 1.54) is 175 Å². The highest BCUT2D eigenvalue weighted by Crippen LogP contribution is 2.40. The van der Waals surface area contributed by atoms with Gasteiger partial charge in [-0.25, -0.2) is 0 Å². The minimum Gasteiger partial charge on any atom is -0.102 e. The van der Waals surface area contributed by atoms with Crippen LogP contribution >= 0.6 is 0 Å². The van der Waals surface area contributed by atoms with Crippen molar-refractivity contribution in [2.75, 3.05) is 0 Å². The van der Waals surface area contributed by atoms with Gasteiger partial charge in [0, 0.05) is 0 Å². The fraction of sp³-hybridized carbons (Fsp3) is 0. The van der Waals surface area contributed by atoms with E-state index in [0.717, 1.165) is 0 Å². The molecule has 0 nitrogen and oxygen atoms in total. The van der Waals surface area contributed by atoms with Crippen LogP contribution in [0.4, 0.5) is 0 Å². The first kappa shape index (κ1) is 40.8. The fourth-order valence-electron chi connectivity index (χ4n) is 10.8. The van der Waals surface area contributed by atoms with Gasteiger partial charge in [-0.3, -0.25) is 0 Å². The summed E-state index contributed by atoms with van der Waals surface area (Å²) in [6.45, 7) is 0. The van der Waals surface area contributed by atoms with Crippen LogP contribution in [0, 0.1) is 0 Å². The summed E-state index contributed by atoms with van der Waals surface area (Å²) in [6, 6.07) is 9.55. The Bertz CT molecular complexity index is 2860. The topological polar surface area (TPSA) is 0 Å². The molecule has 0 spiro atoms. The third kappa shape index (κ3) is 5.49. The maximum atomic E-state index is 2.51. The van der Waals surface area contributed by atoms with Crippen LogP contribution in [0.5, 0.6) is 0 Å². The van der Waals surface area contributed by atoms with Crippen molar-refractivity contribution in [2.24, 2.45) is 0 Å². The number of rotatable bonds is 3. The number of hydrogen-bond donors (Lipinski definition) is 0. The average Bonchev–Trinajstić information content (AvgIpc) is 3.18. The second kappa shape index (κ2) is 14.2. The zero-order valence-electron chi connectivity index (χ0n) is 38.3. The lowest BCUT2D eigenvalue weighted by Gasteiger charge is -2.31. The van der Waals surface area contributed by atoms with Crippen LogP contribution < -0.4 is 109 Å². The van der Waals surface area contributed by atoms with Gasteiger partial charge in [-0.2, -0.15) is 0 Å². The summed E-state index contributed by atoms with van der Waals surface area (Å²) >= 11 is 0. The van der Waals surface area contributed by atoms with Gasteiger partial charge in [0.05, 0.1) is 0 Å². The summed E-state index contributed by atoms with van der Waals surface area (Å²) in [6.07, 6.45) is 0. The molecule has 0 amide bonds. The molecule has 0 aliphatic rings. The maximum absolute atomic E-state index is 2.51. The molecule has 0 aliphatic heterocycles. The van der Waals surface area contributed by atoms with E-state index in [0.29, 0.717) is 0 Å². The SMILES string of the molecule is Bc1c(B)c(B)c(-c2cccc(-c3c4c(B)c(B)c(B)c(B)c4c(-c4c(B)c(B)c5c(B)c(B)c(B)c(B)c5c4B)c4c(B)c(B)c(B)c(B)c34)c2)c(B)c1B. The molecule has 0 heterocycles. The quantitative estimate of drug-likeness (QED) is 0.128. The molecule has 0 bridgehead atoms. The first-order valence-corrected chi connectivity index (χ1v) is 20.8. The second-order valence-electron chi connectivity index (χ2n) is 17.8. The molecule has 7 aromatic rings. The molecule has 0 aromatic heterocycles. The normalized spacial score (nSPS) is 11.6. The minimum atomic E-state index is 1.30. The van der Waals surface area contributed by atoms with Crippen LogP contribution in [0.1, 0.15) is 0 Å². The summed E-state index contributed by atoms with van der Waals surface area (Å²) in [5.41, 5.74) is 36.3. The van der Waals surface area contributed by atoms with E-state index in [9.17, 15) is 0 Å². The largest absolute Gasteiger partial charge is 0.140 e. The van der Waals surface area contributed by atoms with E-state index in [-0.39, 0.29) is 0 Å². The summed E-state index contributed by atoms with van der Waals surface area (Å²) in [5, 5.41) is 8.53. The highest BCUT2D eigenvalue weighted by molar-refractivity contribution is 6.75. The van der Waals surface area contributed by atoms with E-state index < -0.39 is 0 Å². The van der Waals surface area contributed by atoms with Crippen molar-refractivity contribution in [1.82, 2.24) is 0 Å². The highest BCUT2D eigenvalue weighted by atomic mass is 14.3. The molecular weight excluding hydrogens is 649 g/mol. The molecule has 0 unspecified atom stereocenters. The van der Waals surface area contributed by atoms with Crippen molar-refractivity contribution in [3.05, 3.63) is 24.3 Å². The van der Waals surface area contributed by atoms with E-state index in [1.54, 1.807) is 0 Å². The number of benzene rings is 7. The monoisotopic (exact) mass is 697 g/mol. The molecule has 248 valence electrons. The van der Waals surface area contributed by atoms with Crippen molar-refractivity contribution in [1.29, 1.82) is 0 Å². The highest BCUT2D eigenvalue weighted by Gasteiger charge is 2.28.